The van der Waals surface area contributed by atoms with E-state index in [1.165, 1.54) is 5.56 Å². The van der Waals surface area contributed by atoms with Gasteiger partial charge in [-0.05, 0) is 72.8 Å². The highest BCUT2D eigenvalue weighted by Crippen LogP contribution is 2.29. The summed E-state index contributed by atoms with van der Waals surface area (Å²) in [7, 11) is 0. The maximum absolute atomic E-state index is 12.3. The monoisotopic (exact) mass is 484 g/mol. The number of nitrogens with one attached hydrogen (secondary N) is 3. The molecule has 1 heterocycles. The molecule has 36 heavy (non-hydrogen) atoms. The van der Waals surface area contributed by atoms with Gasteiger partial charge in [0.2, 0.25) is 5.91 Å². The van der Waals surface area contributed by atoms with Gasteiger partial charge in [0.15, 0.2) is 0 Å². The van der Waals surface area contributed by atoms with Crippen LogP contribution in [0.5, 0.6) is 0 Å². The van der Waals surface area contributed by atoms with Gasteiger partial charge in [-0.15, -0.1) is 0 Å². The van der Waals surface area contributed by atoms with Crippen LogP contribution in [0.25, 0.3) is 11.1 Å². The predicted molar refractivity (Wildman–Crippen MR) is 147 cm³/mol. The van der Waals surface area contributed by atoms with E-state index in [2.05, 4.69) is 45.1 Å². The van der Waals surface area contributed by atoms with Gasteiger partial charge < -0.3 is 20.9 Å². The van der Waals surface area contributed by atoms with Gasteiger partial charge in [-0.3, -0.25) is 4.79 Å². The van der Waals surface area contributed by atoms with Crippen molar-refractivity contribution in [3.8, 4) is 11.1 Å². The Morgan fingerprint density at radius 2 is 1.53 bits per heavy atom. The van der Waals surface area contributed by atoms with Crippen LogP contribution in [0.3, 0.4) is 0 Å². The Labute approximate surface area is 214 Å². The molecule has 3 aromatic carbocycles. The maximum Gasteiger partial charge on any atom is 0.319 e. The zero-order valence-corrected chi connectivity index (χ0v) is 21.2. The van der Waals surface area contributed by atoms with Gasteiger partial charge in [-0.25, -0.2) is 4.79 Å². The number of urea groups is 1. The van der Waals surface area contributed by atoms with Crippen molar-refractivity contribution < 1.29 is 9.59 Å². The molecule has 0 saturated carbocycles. The molecule has 1 aliphatic heterocycles. The number of hydrogen-bond acceptors (Lipinski definition) is 3. The zero-order chi connectivity index (χ0) is 25.3. The molecule has 1 fully saturated rings. The fourth-order valence-electron chi connectivity index (χ4n) is 4.53. The molecule has 3 aromatic rings. The van der Waals surface area contributed by atoms with Crippen LogP contribution in [0.1, 0.15) is 38.2 Å². The molecule has 3 amide bonds. The van der Waals surface area contributed by atoms with E-state index < -0.39 is 0 Å². The molecule has 0 spiro atoms. The molecule has 0 aromatic heterocycles. The highest BCUT2D eigenvalue weighted by molar-refractivity contribution is 5.92. The summed E-state index contributed by atoms with van der Waals surface area (Å²) in [6, 6.07) is 26.1. The van der Waals surface area contributed by atoms with Crippen LogP contribution in [0.2, 0.25) is 0 Å². The largest absolute Gasteiger partial charge is 0.337 e. The molecule has 188 valence electrons. The van der Waals surface area contributed by atoms with Crippen molar-refractivity contribution >= 4 is 23.3 Å². The number of anilines is 2. The first kappa shape index (κ1) is 25.5. The number of carbonyl (C=O) groups is 2. The lowest BCUT2D eigenvalue weighted by molar-refractivity contribution is -0.118. The highest BCUT2D eigenvalue weighted by Gasteiger charge is 2.21. The number of carbonyl (C=O) groups excluding carboxylic acids is 2. The van der Waals surface area contributed by atoms with Gasteiger partial charge in [0, 0.05) is 30.4 Å². The van der Waals surface area contributed by atoms with Crippen molar-refractivity contribution in [2.75, 3.05) is 36.8 Å². The van der Waals surface area contributed by atoms with Gasteiger partial charge in [-0.2, -0.15) is 0 Å². The van der Waals surface area contributed by atoms with Gasteiger partial charge in [0.1, 0.15) is 0 Å². The molecule has 1 aliphatic rings. The molecule has 0 bridgehead atoms. The minimum atomic E-state index is -0.183. The quantitative estimate of drug-likeness (QED) is 0.370. The van der Waals surface area contributed by atoms with E-state index in [9.17, 15) is 9.59 Å². The average molecular weight is 485 g/mol. The molecule has 6 nitrogen and oxygen atoms in total. The predicted octanol–water partition coefficient (Wildman–Crippen LogP) is 5.95. The molecule has 0 radical (unpaired) electrons. The lowest BCUT2D eigenvalue weighted by atomic mass is 9.89. The smallest absolute Gasteiger partial charge is 0.319 e. The fraction of sp³-hybridized carbons (Fsp3) is 0.333. The summed E-state index contributed by atoms with van der Waals surface area (Å²) in [5.74, 6) is 0.503. The van der Waals surface area contributed by atoms with Crippen LogP contribution in [-0.4, -0.2) is 43.0 Å². The highest BCUT2D eigenvalue weighted by atomic mass is 16.2. The molecule has 1 saturated heterocycles. The van der Waals surface area contributed by atoms with E-state index in [-0.39, 0.29) is 17.9 Å². The number of piperidine rings is 1. The number of amides is 3. The number of rotatable bonds is 8. The lowest BCUT2D eigenvalue weighted by Crippen LogP contribution is -2.40. The second-order valence-electron chi connectivity index (χ2n) is 9.71. The minimum Gasteiger partial charge on any atom is -0.337 e. The molecule has 0 aliphatic carbocycles. The molecule has 0 unspecified atom stereocenters. The van der Waals surface area contributed by atoms with Crippen LogP contribution in [0.4, 0.5) is 16.2 Å². The summed E-state index contributed by atoms with van der Waals surface area (Å²) in [6.45, 7) is 7.23. The molecule has 4 rings (SSSR count). The first-order chi connectivity index (χ1) is 17.5. The van der Waals surface area contributed by atoms with Crippen molar-refractivity contribution in [1.29, 1.82) is 0 Å². The lowest BCUT2D eigenvalue weighted by Gasteiger charge is -2.32. The van der Waals surface area contributed by atoms with E-state index in [4.69, 9.17) is 0 Å². The second-order valence-corrected chi connectivity index (χ2v) is 9.71. The first-order valence-corrected chi connectivity index (χ1v) is 12.8. The van der Waals surface area contributed by atoms with Crippen LogP contribution in [-0.2, 0) is 4.79 Å². The Balaban J connectivity index is 1.17. The molecule has 6 heteroatoms. The van der Waals surface area contributed by atoms with E-state index in [1.54, 1.807) is 0 Å². The van der Waals surface area contributed by atoms with Crippen molar-refractivity contribution in [3.63, 3.8) is 0 Å². The Morgan fingerprint density at radius 3 is 2.22 bits per heavy atom. The summed E-state index contributed by atoms with van der Waals surface area (Å²) < 4.78 is 0. The summed E-state index contributed by atoms with van der Waals surface area (Å²) in [4.78, 5) is 26.7. The fourth-order valence-corrected chi connectivity index (χ4v) is 4.53. The normalized spacial score (nSPS) is 14.4. The third-order valence-electron chi connectivity index (χ3n) is 6.70. The topological polar surface area (TPSA) is 73.5 Å². The Bertz CT molecular complexity index is 1140. The maximum atomic E-state index is 12.3. The van der Waals surface area contributed by atoms with Crippen molar-refractivity contribution in [2.45, 2.75) is 32.6 Å². The second kappa shape index (κ2) is 12.4. The Morgan fingerprint density at radius 1 is 0.833 bits per heavy atom. The van der Waals surface area contributed by atoms with Crippen LogP contribution >= 0.6 is 0 Å². The van der Waals surface area contributed by atoms with Crippen molar-refractivity contribution in [3.05, 3.63) is 84.4 Å². The average Bonchev–Trinajstić information content (AvgIpc) is 2.90. The number of benzene rings is 3. The summed E-state index contributed by atoms with van der Waals surface area (Å²) in [5, 5.41) is 8.88. The summed E-state index contributed by atoms with van der Waals surface area (Å²) >= 11 is 0. The van der Waals surface area contributed by atoms with E-state index >= 15 is 0 Å². The van der Waals surface area contributed by atoms with Gasteiger partial charge >= 0.3 is 6.03 Å². The third-order valence-corrected chi connectivity index (χ3v) is 6.70. The minimum absolute atomic E-state index is 0.0345. The van der Waals surface area contributed by atoms with Crippen molar-refractivity contribution in [1.82, 2.24) is 10.2 Å². The van der Waals surface area contributed by atoms with Crippen LogP contribution < -0.4 is 16.0 Å². The Kier molecular flexibility index (Phi) is 8.74. The number of likely N-dealkylation sites (tertiary alicyclic amines) is 1. The molecule has 3 N–H and O–H groups in total. The Hall–Kier alpha value is -3.64. The van der Waals surface area contributed by atoms with E-state index in [0.717, 1.165) is 55.0 Å². The SMILES string of the molecule is CC(C)C(=O)Nc1cccc(C2CCN(CCNC(=O)Nc3ccc(-c4ccccc4)cc3)CC2)c1. The number of hydrogen-bond donors (Lipinski definition) is 3. The molecular formula is C30H36N4O2. The molecular weight excluding hydrogens is 448 g/mol. The van der Waals surface area contributed by atoms with Gasteiger partial charge in [0.25, 0.3) is 0 Å². The first-order valence-electron chi connectivity index (χ1n) is 12.8. The van der Waals surface area contributed by atoms with E-state index in [1.807, 2.05) is 68.4 Å². The summed E-state index contributed by atoms with van der Waals surface area (Å²) in [5.41, 5.74) is 5.21. The van der Waals surface area contributed by atoms with Gasteiger partial charge in [0.05, 0.1) is 0 Å². The van der Waals surface area contributed by atoms with Crippen molar-refractivity contribution in [2.24, 2.45) is 5.92 Å². The van der Waals surface area contributed by atoms with Gasteiger partial charge in [-0.1, -0.05) is 68.4 Å². The van der Waals surface area contributed by atoms with Crippen LogP contribution in [0.15, 0.2) is 78.9 Å². The third kappa shape index (κ3) is 7.18. The van der Waals surface area contributed by atoms with E-state index in [0.29, 0.717) is 12.5 Å². The molecule has 0 atom stereocenters. The number of nitrogens with zero attached hydrogens (tertiary/aromatic N) is 1. The zero-order valence-electron chi connectivity index (χ0n) is 21.2. The summed E-state index contributed by atoms with van der Waals surface area (Å²) in [6.07, 6.45) is 2.14. The standard InChI is InChI=1S/C30H36N4O2/c1-22(2)29(35)32-28-10-6-9-26(21-28)25-15-18-34(19-16-25)20-17-31-30(36)33-27-13-11-24(12-14-27)23-7-4-3-5-8-23/h3-14,21-22,25H,15-20H2,1-2H3,(H,32,35)(H2,31,33,36). The van der Waals surface area contributed by atoms with Crippen LogP contribution in [0, 0.1) is 5.92 Å².